The van der Waals surface area contributed by atoms with Crippen LogP contribution in [0, 0.1) is 5.41 Å². The molecular formula is C24H26N3O2S+. The van der Waals surface area contributed by atoms with Crippen LogP contribution < -0.4 is 19.8 Å². The Kier molecular flexibility index (Phi) is 7.92. The van der Waals surface area contributed by atoms with Crippen molar-refractivity contribution < 1.29 is 14.0 Å². The molecule has 0 aliphatic rings. The molecule has 0 aliphatic heterocycles. The van der Waals surface area contributed by atoms with E-state index >= 15 is 0 Å². The fraction of sp³-hybridized carbons (Fsp3) is 0.167. The highest BCUT2D eigenvalue weighted by molar-refractivity contribution is 8.13. The lowest BCUT2D eigenvalue weighted by Crippen LogP contribution is -2.34. The fourth-order valence-electron chi connectivity index (χ4n) is 2.82. The number of nitrogens with zero attached hydrogens (tertiary/aromatic N) is 1. The topological polar surface area (TPSA) is 72.2 Å². The number of hydrogen-bond donors (Lipinski definition) is 2. The SMILES string of the molecule is COc1cc(C=Cc2cc[n+](CCSC(=N)N)cc2)ccc1OCc1ccccc1. The first-order valence-corrected chi connectivity index (χ1v) is 10.6. The van der Waals surface area contributed by atoms with Gasteiger partial charge in [0.1, 0.15) is 6.61 Å². The van der Waals surface area contributed by atoms with Gasteiger partial charge in [-0.2, -0.15) is 0 Å². The zero-order valence-electron chi connectivity index (χ0n) is 17.0. The quantitative estimate of drug-likeness (QED) is 0.307. The standard InChI is InChI=1S/C24H26N3O2S/c1-28-23-17-20(9-10-22(23)29-18-21-5-3-2-4-6-21)8-7-19-11-13-27(14-12-19)15-16-30-24(25)26/h2-14,17H,15-16,18H2,1H3,(H3,25,26)/q+1. The maximum absolute atomic E-state index is 7.24. The molecule has 0 atom stereocenters. The summed E-state index contributed by atoms with van der Waals surface area (Å²) in [4.78, 5) is 0. The van der Waals surface area contributed by atoms with Crippen molar-refractivity contribution in [1.29, 1.82) is 5.41 Å². The summed E-state index contributed by atoms with van der Waals surface area (Å²) in [6.45, 7) is 1.32. The van der Waals surface area contributed by atoms with E-state index < -0.39 is 0 Å². The van der Waals surface area contributed by atoms with Crippen molar-refractivity contribution in [3.05, 3.63) is 89.7 Å². The molecule has 2 aromatic carbocycles. The van der Waals surface area contributed by atoms with Crippen molar-refractivity contribution in [2.75, 3.05) is 12.9 Å². The van der Waals surface area contributed by atoms with Crippen LogP contribution in [0.2, 0.25) is 0 Å². The van der Waals surface area contributed by atoms with Crippen molar-refractivity contribution in [2.24, 2.45) is 5.73 Å². The summed E-state index contributed by atoms with van der Waals surface area (Å²) in [6, 6.07) is 20.1. The first-order chi connectivity index (χ1) is 14.6. The molecule has 0 radical (unpaired) electrons. The van der Waals surface area contributed by atoms with Gasteiger partial charge in [-0.25, -0.2) is 4.57 Å². The third-order valence-corrected chi connectivity index (χ3v) is 5.11. The van der Waals surface area contributed by atoms with E-state index in [9.17, 15) is 0 Å². The average molecular weight is 421 g/mol. The number of nitrogens with two attached hydrogens (primary N) is 1. The van der Waals surface area contributed by atoms with E-state index in [1.54, 1.807) is 7.11 Å². The van der Waals surface area contributed by atoms with Crippen LogP contribution in [0.15, 0.2) is 73.1 Å². The molecule has 154 valence electrons. The lowest BCUT2D eigenvalue weighted by atomic mass is 10.1. The number of ether oxygens (including phenoxy) is 2. The van der Waals surface area contributed by atoms with Crippen LogP contribution in [0.4, 0.5) is 0 Å². The van der Waals surface area contributed by atoms with Crippen molar-refractivity contribution in [1.82, 2.24) is 0 Å². The Hall–Kier alpha value is -3.25. The molecule has 0 unspecified atom stereocenters. The highest BCUT2D eigenvalue weighted by Gasteiger charge is 2.06. The summed E-state index contributed by atoms with van der Waals surface area (Å²) in [5.41, 5.74) is 8.62. The molecule has 0 bridgehead atoms. The van der Waals surface area contributed by atoms with Crippen molar-refractivity contribution in [3.8, 4) is 11.5 Å². The van der Waals surface area contributed by atoms with E-state index in [0.717, 1.165) is 34.7 Å². The van der Waals surface area contributed by atoms with Crippen LogP contribution in [0.1, 0.15) is 16.7 Å². The molecule has 0 fully saturated rings. The minimum absolute atomic E-state index is 0.155. The zero-order valence-corrected chi connectivity index (χ0v) is 17.8. The third-order valence-electron chi connectivity index (χ3n) is 4.42. The average Bonchev–Trinajstić information content (AvgIpc) is 2.78. The Labute approximate surface area is 181 Å². The zero-order chi connectivity index (χ0) is 21.2. The Morgan fingerprint density at radius 2 is 1.73 bits per heavy atom. The van der Waals surface area contributed by atoms with Gasteiger partial charge in [0.15, 0.2) is 35.6 Å². The van der Waals surface area contributed by atoms with Crippen LogP contribution in [0.25, 0.3) is 12.2 Å². The lowest BCUT2D eigenvalue weighted by molar-refractivity contribution is -0.692. The molecule has 0 amide bonds. The lowest BCUT2D eigenvalue weighted by Gasteiger charge is -2.11. The molecule has 0 aliphatic carbocycles. The molecule has 0 spiro atoms. The summed E-state index contributed by atoms with van der Waals surface area (Å²) >= 11 is 1.35. The number of benzene rings is 2. The van der Waals surface area contributed by atoms with Gasteiger partial charge in [0.25, 0.3) is 0 Å². The maximum atomic E-state index is 7.24. The second-order valence-electron chi connectivity index (χ2n) is 6.60. The van der Waals surface area contributed by atoms with Gasteiger partial charge in [-0.1, -0.05) is 60.3 Å². The molecule has 3 aromatic rings. The van der Waals surface area contributed by atoms with E-state index in [-0.39, 0.29) is 5.17 Å². The van der Waals surface area contributed by atoms with Gasteiger partial charge in [0.2, 0.25) is 0 Å². The minimum Gasteiger partial charge on any atom is -0.493 e. The number of aromatic nitrogens is 1. The highest BCUT2D eigenvalue weighted by Crippen LogP contribution is 2.29. The maximum Gasteiger partial charge on any atom is 0.169 e. The Bertz CT molecular complexity index is 989. The van der Waals surface area contributed by atoms with Crippen LogP contribution >= 0.6 is 11.8 Å². The predicted molar refractivity (Wildman–Crippen MR) is 124 cm³/mol. The molecule has 30 heavy (non-hydrogen) atoms. The minimum atomic E-state index is 0.155. The van der Waals surface area contributed by atoms with E-state index in [1.165, 1.54) is 11.8 Å². The number of amidine groups is 1. The Morgan fingerprint density at radius 1 is 1.00 bits per heavy atom. The smallest absolute Gasteiger partial charge is 0.169 e. The van der Waals surface area contributed by atoms with Crippen molar-refractivity contribution in [2.45, 2.75) is 13.2 Å². The van der Waals surface area contributed by atoms with E-state index in [2.05, 4.69) is 28.9 Å². The monoisotopic (exact) mass is 420 g/mol. The number of pyridine rings is 1. The number of nitrogens with one attached hydrogen (secondary N) is 1. The molecule has 3 rings (SSSR count). The van der Waals surface area contributed by atoms with Gasteiger partial charge >= 0.3 is 0 Å². The van der Waals surface area contributed by atoms with E-state index in [4.69, 9.17) is 20.6 Å². The van der Waals surface area contributed by atoms with Crippen LogP contribution in [-0.2, 0) is 13.2 Å². The Balaban J connectivity index is 1.60. The van der Waals surface area contributed by atoms with Crippen LogP contribution in [0.5, 0.6) is 11.5 Å². The van der Waals surface area contributed by atoms with E-state index in [0.29, 0.717) is 12.4 Å². The molecule has 5 nitrogen and oxygen atoms in total. The van der Waals surface area contributed by atoms with Gasteiger partial charge < -0.3 is 15.2 Å². The Morgan fingerprint density at radius 3 is 2.43 bits per heavy atom. The summed E-state index contributed by atoms with van der Waals surface area (Å²) in [5, 5.41) is 7.40. The largest absolute Gasteiger partial charge is 0.493 e. The second kappa shape index (κ2) is 11.1. The van der Waals surface area contributed by atoms with Crippen molar-refractivity contribution >= 4 is 29.1 Å². The molecule has 0 saturated heterocycles. The third kappa shape index (κ3) is 6.67. The van der Waals surface area contributed by atoms with E-state index in [1.807, 2.05) is 60.9 Å². The summed E-state index contributed by atoms with van der Waals surface area (Å²) in [7, 11) is 1.65. The van der Waals surface area contributed by atoms with Gasteiger partial charge in [0.05, 0.1) is 12.9 Å². The molecule has 0 saturated carbocycles. The fourth-order valence-corrected chi connectivity index (χ4v) is 3.35. The number of aryl methyl sites for hydroxylation is 1. The number of thioether (sulfide) groups is 1. The highest BCUT2D eigenvalue weighted by atomic mass is 32.2. The summed E-state index contributed by atoms with van der Waals surface area (Å²) in [5.74, 6) is 2.22. The van der Waals surface area contributed by atoms with Crippen LogP contribution in [0.3, 0.4) is 0 Å². The van der Waals surface area contributed by atoms with Gasteiger partial charge in [-0.15, -0.1) is 0 Å². The summed E-state index contributed by atoms with van der Waals surface area (Å²) < 4.78 is 13.5. The molecular weight excluding hydrogens is 394 g/mol. The number of methoxy groups -OCH3 is 1. The molecule has 3 N–H and O–H groups in total. The summed E-state index contributed by atoms with van der Waals surface area (Å²) in [6.07, 6.45) is 8.17. The number of rotatable bonds is 9. The number of hydrogen-bond acceptors (Lipinski definition) is 4. The van der Waals surface area contributed by atoms with Crippen LogP contribution in [-0.4, -0.2) is 18.0 Å². The first kappa shape index (κ1) is 21.5. The molecule has 1 aromatic heterocycles. The second-order valence-corrected chi connectivity index (χ2v) is 7.74. The first-order valence-electron chi connectivity index (χ1n) is 9.63. The van der Waals surface area contributed by atoms with Crippen molar-refractivity contribution in [3.63, 3.8) is 0 Å². The predicted octanol–water partition coefficient (Wildman–Crippen LogP) is 4.36. The molecule has 6 heteroatoms. The van der Waals surface area contributed by atoms with Gasteiger partial charge in [-0.3, -0.25) is 5.41 Å². The molecule has 1 heterocycles. The van der Waals surface area contributed by atoms with Gasteiger partial charge in [-0.05, 0) is 28.8 Å². The normalized spacial score (nSPS) is 10.8. The van der Waals surface area contributed by atoms with Gasteiger partial charge in [0, 0.05) is 12.1 Å².